The van der Waals surface area contributed by atoms with E-state index in [0.29, 0.717) is 24.7 Å². The Morgan fingerprint density at radius 2 is 1.93 bits per heavy atom. The number of methoxy groups -OCH3 is 1. The normalized spacial score (nSPS) is 16.4. The number of piperidine rings is 1. The van der Waals surface area contributed by atoms with Gasteiger partial charge in [-0.1, -0.05) is 12.1 Å². The van der Waals surface area contributed by atoms with Crippen LogP contribution >= 0.6 is 12.4 Å². The highest BCUT2D eigenvalue weighted by atomic mass is 35.5. The van der Waals surface area contributed by atoms with Gasteiger partial charge in [0.1, 0.15) is 12.4 Å². The molecule has 0 aliphatic carbocycles. The number of amides is 1. The van der Waals surface area contributed by atoms with Gasteiger partial charge in [-0.2, -0.15) is 0 Å². The number of carbonyl (C=O) groups is 1. The van der Waals surface area contributed by atoms with E-state index < -0.39 is 5.41 Å². The molecule has 0 radical (unpaired) electrons. The number of anilines is 1. The van der Waals surface area contributed by atoms with Crippen LogP contribution in [0.15, 0.2) is 42.5 Å². The van der Waals surface area contributed by atoms with Crippen LogP contribution in [0.5, 0.6) is 17.2 Å². The molecule has 2 heterocycles. The second-order valence-corrected chi connectivity index (χ2v) is 7.42. The zero-order valence-corrected chi connectivity index (χ0v) is 17.8. The highest BCUT2D eigenvalue weighted by Gasteiger charge is 2.39. The predicted octanol–water partition coefficient (Wildman–Crippen LogP) is 3.37. The summed E-state index contributed by atoms with van der Waals surface area (Å²) in [6.45, 7) is 2.69. The van der Waals surface area contributed by atoms with Gasteiger partial charge < -0.3 is 29.6 Å². The molecule has 1 saturated heterocycles. The molecule has 4 rings (SSSR count). The van der Waals surface area contributed by atoms with Crippen LogP contribution in [-0.4, -0.2) is 39.5 Å². The van der Waals surface area contributed by atoms with Crippen molar-refractivity contribution >= 4 is 24.0 Å². The fourth-order valence-electron chi connectivity index (χ4n) is 3.75. The molecule has 0 unspecified atom stereocenters. The third-order valence-electron chi connectivity index (χ3n) is 5.40. The van der Waals surface area contributed by atoms with E-state index in [1.165, 1.54) is 0 Å². The molecule has 162 valence electrons. The lowest BCUT2D eigenvalue weighted by Crippen LogP contribution is -2.47. The van der Waals surface area contributed by atoms with Gasteiger partial charge in [-0.25, -0.2) is 0 Å². The van der Waals surface area contributed by atoms with Crippen molar-refractivity contribution in [2.75, 3.05) is 38.9 Å². The largest absolute Gasteiger partial charge is 0.489 e. The number of halogens is 1. The van der Waals surface area contributed by atoms with Crippen LogP contribution < -0.4 is 24.8 Å². The standard InChI is InChI=1S/C22H26N2O5.ClH/c1-26-14-22(7-9-23-10-8-22)21(25)24-17-4-2-3-16(11-17)13-27-18-5-6-19-20(12-18)29-15-28-19;/h2-6,11-12,23H,7-10,13-15H2,1H3,(H,24,25);1H. The summed E-state index contributed by atoms with van der Waals surface area (Å²) in [6, 6.07) is 13.2. The molecule has 2 aromatic carbocycles. The van der Waals surface area contributed by atoms with E-state index in [1.54, 1.807) is 7.11 Å². The minimum atomic E-state index is -0.487. The molecule has 1 amide bonds. The van der Waals surface area contributed by atoms with Crippen LogP contribution in [0.3, 0.4) is 0 Å². The molecule has 0 saturated carbocycles. The molecule has 8 heteroatoms. The average Bonchev–Trinajstić information content (AvgIpc) is 3.21. The van der Waals surface area contributed by atoms with Crippen molar-refractivity contribution in [3.63, 3.8) is 0 Å². The van der Waals surface area contributed by atoms with Gasteiger partial charge in [0.2, 0.25) is 12.7 Å². The van der Waals surface area contributed by atoms with Crippen LogP contribution in [0, 0.1) is 5.41 Å². The van der Waals surface area contributed by atoms with Crippen LogP contribution in [0.1, 0.15) is 18.4 Å². The van der Waals surface area contributed by atoms with Gasteiger partial charge in [-0.3, -0.25) is 4.79 Å². The topological polar surface area (TPSA) is 78.1 Å². The third-order valence-corrected chi connectivity index (χ3v) is 5.40. The fourth-order valence-corrected chi connectivity index (χ4v) is 3.75. The van der Waals surface area contributed by atoms with Crippen molar-refractivity contribution in [3.8, 4) is 17.2 Å². The van der Waals surface area contributed by atoms with E-state index in [1.807, 2.05) is 42.5 Å². The summed E-state index contributed by atoms with van der Waals surface area (Å²) >= 11 is 0. The molecule has 0 spiro atoms. The lowest BCUT2D eigenvalue weighted by molar-refractivity contribution is -0.130. The lowest BCUT2D eigenvalue weighted by Gasteiger charge is -2.35. The second kappa shape index (κ2) is 10.0. The quantitative estimate of drug-likeness (QED) is 0.695. The van der Waals surface area contributed by atoms with Crippen molar-refractivity contribution < 1.29 is 23.7 Å². The molecule has 0 bridgehead atoms. The first-order chi connectivity index (χ1) is 14.2. The van der Waals surface area contributed by atoms with E-state index in [2.05, 4.69) is 10.6 Å². The predicted molar refractivity (Wildman–Crippen MR) is 116 cm³/mol. The Kier molecular flexibility index (Phi) is 7.42. The third kappa shape index (κ3) is 4.98. The van der Waals surface area contributed by atoms with E-state index >= 15 is 0 Å². The summed E-state index contributed by atoms with van der Waals surface area (Å²) in [4.78, 5) is 13.0. The van der Waals surface area contributed by atoms with E-state index in [9.17, 15) is 4.79 Å². The highest BCUT2D eigenvalue weighted by Crippen LogP contribution is 2.35. The van der Waals surface area contributed by atoms with Gasteiger partial charge in [0, 0.05) is 18.9 Å². The first-order valence-electron chi connectivity index (χ1n) is 9.81. The number of benzene rings is 2. The Hall–Kier alpha value is -2.48. The maximum absolute atomic E-state index is 13.0. The Labute approximate surface area is 182 Å². The Balaban J connectivity index is 0.00000256. The van der Waals surface area contributed by atoms with Gasteiger partial charge in [0.15, 0.2) is 11.5 Å². The van der Waals surface area contributed by atoms with Gasteiger partial charge in [0.05, 0.1) is 12.0 Å². The molecule has 2 aliphatic rings. The molecular formula is C22H27ClN2O5. The van der Waals surface area contributed by atoms with E-state index in [4.69, 9.17) is 18.9 Å². The highest BCUT2D eigenvalue weighted by molar-refractivity contribution is 5.95. The maximum atomic E-state index is 13.0. The number of carbonyl (C=O) groups excluding carboxylic acids is 1. The molecule has 2 N–H and O–H groups in total. The Bertz CT molecular complexity index is 865. The Morgan fingerprint density at radius 3 is 2.73 bits per heavy atom. The smallest absolute Gasteiger partial charge is 0.233 e. The van der Waals surface area contributed by atoms with Crippen LogP contribution in [0.2, 0.25) is 0 Å². The zero-order valence-electron chi connectivity index (χ0n) is 16.9. The summed E-state index contributed by atoms with van der Waals surface area (Å²) in [5.74, 6) is 2.13. The SMILES string of the molecule is COCC1(C(=O)Nc2cccc(COc3ccc4c(c3)OCO4)c2)CCNCC1.Cl. The van der Waals surface area contributed by atoms with Crippen molar-refractivity contribution in [1.82, 2.24) is 5.32 Å². The number of nitrogens with one attached hydrogen (secondary N) is 2. The van der Waals surface area contributed by atoms with Crippen molar-refractivity contribution in [2.24, 2.45) is 5.41 Å². The number of hydrogen-bond acceptors (Lipinski definition) is 6. The van der Waals surface area contributed by atoms with Crippen molar-refractivity contribution in [3.05, 3.63) is 48.0 Å². The summed E-state index contributed by atoms with van der Waals surface area (Å²) in [6.07, 6.45) is 1.53. The molecule has 2 aromatic rings. The first kappa shape index (κ1) is 22.2. The van der Waals surface area contributed by atoms with Gasteiger partial charge in [0.25, 0.3) is 0 Å². The van der Waals surface area contributed by atoms with E-state index in [-0.39, 0.29) is 25.1 Å². The monoisotopic (exact) mass is 434 g/mol. The zero-order chi connectivity index (χ0) is 20.1. The molecule has 0 atom stereocenters. The number of fused-ring (bicyclic) bond motifs is 1. The number of hydrogen-bond donors (Lipinski definition) is 2. The summed E-state index contributed by atoms with van der Waals surface area (Å²) in [5, 5.41) is 6.38. The minimum absolute atomic E-state index is 0. The molecule has 7 nitrogen and oxygen atoms in total. The fraction of sp³-hybridized carbons (Fsp3) is 0.409. The molecule has 30 heavy (non-hydrogen) atoms. The molecular weight excluding hydrogens is 408 g/mol. The second-order valence-electron chi connectivity index (χ2n) is 7.42. The summed E-state index contributed by atoms with van der Waals surface area (Å²) in [7, 11) is 1.64. The molecule has 1 fully saturated rings. The summed E-state index contributed by atoms with van der Waals surface area (Å²) in [5.41, 5.74) is 1.24. The first-order valence-corrected chi connectivity index (χ1v) is 9.81. The van der Waals surface area contributed by atoms with Crippen LogP contribution in [-0.2, 0) is 16.1 Å². The maximum Gasteiger partial charge on any atom is 0.233 e. The minimum Gasteiger partial charge on any atom is -0.489 e. The Morgan fingerprint density at radius 1 is 1.13 bits per heavy atom. The number of ether oxygens (including phenoxy) is 4. The van der Waals surface area contributed by atoms with Gasteiger partial charge in [-0.15, -0.1) is 12.4 Å². The lowest BCUT2D eigenvalue weighted by atomic mass is 9.78. The van der Waals surface area contributed by atoms with Crippen molar-refractivity contribution in [1.29, 1.82) is 0 Å². The van der Waals surface area contributed by atoms with Crippen molar-refractivity contribution in [2.45, 2.75) is 19.4 Å². The summed E-state index contributed by atoms with van der Waals surface area (Å²) < 4.78 is 21.9. The van der Waals surface area contributed by atoms with Crippen LogP contribution in [0.4, 0.5) is 5.69 Å². The number of rotatable bonds is 7. The van der Waals surface area contributed by atoms with Gasteiger partial charge >= 0.3 is 0 Å². The average molecular weight is 435 g/mol. The van der Waals surface area contributed by atoms with Crippen LogP contribution in [0.25, 0.3) is 0 Å². The van der Waals surface area contributed by atoms with E-state index in [0.717, 1.165) is 42.9 Å². The molecule has 0 aromatic heterocycles. The van der Waals surface area contributed by atoms with Gasteiger partial charge in [-0.05, 0) is 55.8 Å². The molecule has 2 aliphatic heterocycles.